The van der Waals surface area contributed by atoms with E-state index in [0.717, 1.165) is 25.4 Å². The lowest BCUT2D eigenvalue weighted by Crippen LogP contribution is -2.14. The first-order valence-corrected chi connectivity index (χ1v) is 8.00. The second-order valence-corrected chi connectivity index (χ2v) is 5.96. The van der Waals surface area contributed by atoms with Gasteiger partial charge in [0.05, 0.1) is 18.8 Å². The van der Waals surface area contributed by atoms with E-state index in [1.165, 1.54) is 6.07 Å². The summed E-state index contributed by atoms with van der Waals surface area (Å²) in [6.45, 7) is 3.80. The van der Waals surface area contributed by atoms with Gasteiger partial charge in [-0.3, -0.25) is 4.79 Å². The molecule has 1 fully saturated rings. The zero-order valence-corrected chi connectivity index (χ0v) is 13.5. The molecule has 4 nitrogen and oxygen atoms in total. The highest BCUT2D eigenvalue weighted by atomic mass is 19.1. The van der Waals surface area contributed by atoms with E-state index in [4.69, 9.17) is 9.47 Å². The van der Waals surface area contributed by atoms with E-state index >= 15 is 0 Å². The summed E-state index contributed by atoms with van der Waals surface area (Å²) in [6, 6.07) is 11.8. The topological polar surface area (TPSA) is 47.6 Å². The number of amides is 1. The number of anilines is 1. The van der Waals surface area contributed by atoms with Gasteiger partial charge < -0.3 is 14.8 Å². The fraction of sp³-hybridized carbons (Fsp3) is 0.316. The van der Waals surface area contributed by atoms with Crippen molar-refractivity contribution in [2.45, 2.75) is 13.3 Å². The molecule has 0 radical (unpaired) electrons. The Morgan fingerprint density at radius 1 is 1.29 bits per heavy atom. The molecule has 0 unspecified atom stereocenters. The first-order chi connectivity index (χ1) is 11.6. The fourth-order valence-corrected chi connectivity index (χ4v) is 2.58. The Kier molecular flexibility index (Phi) is 5.11. The molecule has 0 spiro atoms. The lowest BCUT2D eigenvalue weighted by molar-refractivity contribution is 0.102. The number of hydrogen-bond acceptors (Lipinski definition) is 3. The highest BCUT2D eigenvalue weighted by Gasteiger charge is 2.16. The molecular weight excluding hydrogens is 309 g/mol. The summed E-state index contributed by atoms with van der Waals surface area (Å²) < 4.78 is 25.0. The molecule has 1 aliphatic heterocycles. The number of aryl methyl sites for hydroxylation is 1. The quantitative estimate of drug-likeness (QED) is 0.907. The van der Waals surface area contributed by atoms with E-state index in [9.17, 15) is 9.18 Å². The summed E-state index contributed by atoms with van der Waals surface area (Å²) in [5.41, 5.74) is 1.08. The average Bonchev–Trinajstić information content (AvgIpc) is 3.10. The normalized spacial score (nSPS) is 16.8. The number of carbonyl (C=O) groups excluding carboxylic acids is 1. The minimum absolute atomic E-state index is 0.0385. The van der Waals surface area contributed by atoms with Crippen LogP contribution in [0.3, 0.4) is 0 Å². The van der Waals surface area contributed by atoms with Crippen molar-refractivity contribution >= 4 is 11.6 Å². The van der Waals surface area contributed by atoms with Gasteiger partial charge >= 0.3 is 0 Å². The second kappa shape index (κ2) is 7.45. The summed E-state index contributed by atoms with van der Waals surface area (Å²) in [5.74, 6) is 0.219. The Hall–Kier alpha value is -2.40. The van der Waals surface area contributed by atoms with Crippen molar-refractivity contribution in [1.82, 2.24) is 0 Å². The van der Waals surface area contributed by atoms with Crippen molar-refractivity contribution in [1.29, 1.82) is 0 Å². The standard InChI is InChI=1S/C19H20FNO3/c1-13-3-2-4-17(18(13)20)19(22)21-15-5-7-16(8-6-15)24-12-14-9-10-23-11-14/h2-8,14H,9-12H2,1H3,(H,21,22)/t14-/m1/s1. The third-order valence-electron chi connectivity index (χ3n) is 4.06. The summed E-state index contributed by atoms with van der Waals surface area (Å²) in [6.07, 6.45) is 1.02. The number of hydrogen-bond donors (Lipinski definition) is 1. The van der Waals surface area contributed by atoms with Gasteiger partial charge in [0, 0.05) is 18.2 Å². The van der Waals surface area contributed by atoms with E-state index in [2.05, 4.69) is 5.32 Å². The number of ether oxygens (including phenoxy) is 2. The number of benzene rings is 2. The smallest absolute Gasteiger partial charge is 0.258 e. The van der Waals surface area contributed by atoms with Gasteiger partial charge in [-0.2, -0.15) is 0 Å². The fourth-order valence-electron chi connectivity index (χ4n) is 2.58. The van der Waals surface area contributed by atoms with Gasteiger partial charge in [-0.1, -0.05) is 12.1 Å². The van der Waals surface area contributed by atoms with E-state index < -0.39 is 11.7 Å². The Morgan fingerprint density at radius 3 is 2.79 bits per heavy atom. The van der Waals surface area contributed by atoms with Gasteiger partial charge in [-0.25, -0.2) is 4.39 Å². The van der Waals surface area contributed by atoms with Crippen LogP contribution in [0.2, 0.25) is 0 Å². The maximum atomic E-state index is 14.0. The van der Waals surface area contributed by atoms with Crippen molar-refractivity contribution in [2.75, 3.05) is 25.1 Å². The molecule has 3 rings (SSSR count). The lowest BCUT2D eigenvalue weighted by Gasteiger charge is -2.11. The van der Waals surface area contributed by atoms with Crippen LogP contribution >= 0.6 is 0 Å². The first kappa shape index (κ1) is 16.5. The second-order valence-electron chi connectivity index (χ2n) is 5.96. The van der Waals surface area contributed by atoms with Crippen LogP contribution in [0.1, 0.15) is 22.3 Å². The highest BCUT2D eigenvalue weighted by Crippen LogP contribution is 2.20. The first-order valence-electron chi connectivity index (χ1n) is 8.00. The molecule has 0 saturated carbocycles. The molecule has 1 atom stereocenters. The van der Waals surface area contributed by atoms with E-state index in [0.29, 0.717) is 23.8 Å². The number of rotatable bonds is 5. The van der Waals surface area contributed by atoms with Crippen molar-refractivity contribution in [3.8, 4) is 5.75 Å². The largest absolute Gasteiger partial charge is 0.493 e. The molecule has 1 heterocycles. The minimum atomic E-state index is -0.492. The molecule has 24 heavy (non-hydrogen) atoms. The molecule has 0 aliphatic carbocycles. The van der Waals surface area contributed by atoms with Crippen LogP contribution in [0, 0.1) is 18.7 Å². The van der Waals surface area contributed by atoms with Gasteiger partial charge in [0.1, 0.15) is 11.6 Å². The average molecular weight is 329 g/mol. The predicted molar refractivity (Wildman–Crippen MR) is 90.0 cm³/mol. The maximum Gasteiger partial charge on any atom is 0.258 e. The third-order valence-corrected chi connectivity index (χ3v) is 4.06. The summed E-state index contributed by atoms with van der Waals surface area (Å²) in [7, 11) is 0. The maximum absolute atomic E-state index is 14.0. The molecule has 5 heteroatoms. The minimum Gasteiger partial charge on any atom is -0.493 e. The Bertz CT molecular complexity index is 709. The zero-order chi connectivity index (χ0) is 16.9. The molecular formula is C19H20FNO3. The molecule has 1 amide bonds. The molecule has 1 aliphatic rings. The van der Waals surface area contributed by atoms with Crippen molar-refractivity contribution < 1.29 is 18.7 Å². The Labute approximate surface area is 140 Å². The van der Waals surface area contributed by atoms with E-state index in [1.807, 2.05) is 0 Å². The summed E-state index contributed by atoms with van der Waals surface area (Å²) >= 11 is 0. The molecule has 0 aromatic heterocycles. The van der Waals surface area contributed by atoms with Gasteiger partial charge in [-0.05, 0) is 49.2 Å². The van der Waals surface area contributed by atoms with Crippen molar-refractivity contribution in [2.24, 2.45) is 5.92 Å². The van der Waals surface area contributed by atoms with E-state index in [1.54, 1.807) is 43.3 Å². The van der Waals surface area contributed by atoms with Crippen LogP contribution in [0.5, 0.6) is 5.75 Å². The van der Waals surface area contributed by atoms with E-state index in [-0.39, 0.29) is 5.56 Å². The molecule has 1 saturated heterocycles. The van der Waals surface area contributed by atoms with Crippen LogP contribution < -0.4 is 10.1 Å². The monoisotopic (exact) mass is 329 g/mol. The lowest BCUT2D eigenvalue weighted by atomic mass is 10.1. The molecule has 2 aromatic carbocycles. The number of carbonyl (C=O) groups is 1. The summed E-state index contributed by atoms with van der Waals surface area (Å²) in [4.78, 5) is 12.2. The van der Waals surface area contributed by atoms with Gasteiger partial charge in [0.25, 0.3) is 5.91 Å². The van der Waals surface area contributed by atoms with Crippen LogP contribution in [-0.4, -0.2) is 25.7 Å². The zero-order valence-electron chi connectivity index (χ0n) is 13.5. The van der Waals surface area contributed by atoms with Gasteiger partial charge in [-0.15, -0.1) is 0 Å². The third kappa shape index (κ3) is 3.92. The van der Waals surface area contributed by atoms with Crippen LogP contribution in [0.15, 0.2) is 42.5 Å². The van der Waals surface area contributed by atoms with Crippen molar-refractivity contribution in [3.05, 3.63) is 59.4 Å². The SMILES string of the molecule is Cc1cccc(C(=O)Nc2ccc(OC[C@@H]3CCOC3)cc2)c1F. The van der Waals surface area contributed by atoms with Crippen molar-refractivity contribution in [3.63, 3.8) is 0 Å². The molecule has 2 aromatic rings. The Morgan fingerprint density at radius 2 is 2.08 bits per heavy atom. The molecule has 1 N–H and O–H groups in total. The van der Waals surface area contributed by atoms with Gasteiger partial charge in [0.15, 0.2) is 0 Å². The summed E-state index contributed by atoms with van der Waals surface area (Å²) in [5, 5.41) is 2.70. The molecule has 0 bridgehead atoms. The van der Waals surface area contributed by atoms with Crippen LogP contribution in [0.4, 0.5) is 10.1 Å². The number of nitrogens with one attached hydrogen (secondary N) is 1. The van der Waals surface area contributed by atoms with Crippen LogP contribution in [-0.2, 0) is 4.74 Å². The predicted octanol–water partition coefficient (Wildman–Crippen LogP) is 3.80. The van der Waals surface area contributed by atoms with Crippen LogP contribution in [0.25, 0.3) is 0 Å². The number of halogens is 1. The highest BCUT2D eigenvalue weighted by molar-refractivity contribution is 6.04. The molecule has 126 valence electrons. The Balaban J connectivity index is 1.59. The van der Waals surface area contributed by atoms with Gasteiger partial charge in [0.2, 0.25) is 0 Å².